The molecule has 0 amide bonds. The summed E-state index contributed by atoms with van der Waals surface area (Å²) in [5.41, 5.74) is 0.0492. The lowest BCUT2D eigenvalue weighted by Gasteiger charge is -2.17. The van der Waals surface area contributed by atoms with E-state index in [4.69, 9.17) is 5.11 Å². The minimum Gasteiger partial charge on any atom is -0.394 e. The zero-order chi connectivity index (χ0) is 7.61. The van der Waals surface area contributed by atoms with Crippen molar-refractivity contribution in [1.29, 1.82) is 0 Å². The van der Waals surface area contributed by atoms with Crippen molar-refractivity contribution in [3.05, 3.63) is 12.7 Å². The van der Waals surface area contributed by atoms with E-state index in [1.165, 1.54) is 0 Å². The van der Waals surface area contributed by atoms with Gasteiger partial charge in [-0.15, -0.1) is 6.58 Å². The van der Waals surface area contributed by atoms with E-state index < -0.39 is 0 Å². The third-order valence-corrected chi connectivity index (χ3v) is 2.04. The molecule has 2 heteroatoms. The lowest BCUT2D eigenvalue weighted by molar-refractivity contribution is 0.226. The molecule has 2 nitrogen and oxygen atoms in total. The molecule has 0 aromatic rings. The van der Waals surface area contributed by atoms with Gasteiger partial charge in [-0.3, -0.25) is 0 Å². The molecule has 0 aliphatic heterocycles. The Morgan fingerprint density at radius 3 is 2.70 bits per heavy atom. The van der Waals surface area contributed by atoms with E-state index in [0.29, 0.717) is 6.04 Å². The topological polar surface area (TPSA) is 32.3 Å². The van der Waals surface area contributed by atoms with Crippen molar-refractivity contribution in [2.24, 2.45) is 0 Å². The van der Waals surface area contributed by atoms with Crippen LogP contribution in [0.1, 0.15) is 19.8 Å². The average molecular weight is 141 g/mol. The first-order valence-corrected chi connectivity index (χ1v) is 3.73. The SMILES string of the molecule is C=CC(C)NC1(CO)CC1. The highest BCUT2D eigenvalue weighted by Crippen LogP contribution is 2.34. The molecule has 1 rings (SSSR count). The summed E-state index contributed by atoms with van der Waals surface area (Å²) >= 11 is 0. The minimum atomic E-state index is 0.0492. The van der Waals surface area contributed by atoms with Crippen LogP contribution in [0.25, 0.3) is 0 Å². The summed E-state index contributed by atoms with van der Waals surface area (Å²) in [6, 6.07) is 0.314. The molecule has 2 N–H and O–H groups in total. The number of aliphatic hydroxyl groups is 1. The van der Waals surface area contributed by atoms with Gasteiger partial charge in [0.1, 0.15) is 0 Å². The fourth-order valence-electron chi connectivity index (χ4n) is 1.04. The van der Waals surface area contributed by atoms with Crippen molar-refractivity contribution in [1.82, 2.24) is 5.32 Å². The predicted octanol–water partition coefficient (Wildman–Crippen LogP) is 0.675. The largest absolute Gasteiger partial charge is 0.394 e. The van der Waals surface area contributed by atoms with Crippen molar-refractivity contribution >= 4 is 0 Å². The second-order valence-corrected chi connectivity index (χ2v) is 3.11. The zero-order valence-electron chi connectivity index (χ0n) is 6.43. The summed E-state index contributed by atoms with van der Waals surface area (Å²) < 4.78 is 0. The molecule has 0 bridgehead atoms. The summed E-state index contributed by atoms with van der Waals surface area (Å²) in [6.07, 6.45) is 4.05. The molecule has 1 aliphatic carbocycles. The molecule has 0 saturated heterocycles. The normalized spacial score (nSPS) is 23.8. The maximum absolute atomic E-state index is 8.90. The standard InChI is InChI=1S/C8H15NO/c1-3-7(2)9-8(6-10)4-5-8/h3,7,9-10H,1,4-6H2,2H3. The molecule has 58 valence electrons. The predicted molar refractivity (Wildman–Crippen MR) is 41.8 cm³/mol. The molecule has 0 radical (unpaired) electrons. The highest BCUT2D eigenvalue weighted by Gasteiger charge is 2.42. The lowest BCUT2D eigenvalue weighted by atomic mass is 10.2. The fraction of sp³-hybridized carbons (Fsp3) is 0.750. The number of nitrogens with one attached hydrogen (secondary N) is 1. The van der Waals surface area contributed by atoms with Crippen LogP contribution in [-0.4, -0.2) is 23.3 Å². The quantitative estimate of drug-likeness (QED) is 0.564. The molecule has 10 heavy (non-hydrogen) atoms. The molecule has 0 aromatic heterocycles. The monoisotopic (exact) mass is 141 g/mol. The highest BCUT2D eigenvalue weighted by molar-refractivity contribution is 5.04. The smallest absolute Gasteiger partial charge is 0.0613 e. The number of aliphatic hydroxyl groups excluding tert-OH is 1. The first-order chi connectivity index (χ1) is 4.72. The molecule has 1 fully saturated rings. The molecule has 1 aliphatic rings. The number of rotatable bonds is 4. The van der Waals surface area contributed by atoms with Gasteiger partial charge in [0.15, 0.2) is 0 Å². The molecule has 0 heterocycles. The van der Waals surface area contributed by atoms with Crippen LogP contribution in [0.15, 0.2) is 12.7 Å². The third kappa shape index (κ3) is 1.58. The van der Waals surface area contributed by atoms with Crippen LogP contribution in [0.4, 0.5) is 0 Å². The fourth-order valence-corrected chi connectivity index (χ4v) is 1.04. The molecule has 0 spiro atoms. The Bertz CT molecular complexity index is 129. The van der Waals surface area contributed by atoms with Gasteiger partial charge in [0.05, 0.1) is 6.61 Å². The van der Waals surface area contributed by atoms with E-state index >= 15 is 0 Å². The highest BCUT2D eigenvalue weighted by atomic mass is 16.3. The number of hydrogen-bond acceptors (Lipinski definition) is 2. The van der Waals surface area contributed by atoms with Crippen molar-refractivity contribution in [2.45, 2.75) is 31.3 Å². The lowest BCUT2D eigenvalue weighted by Crippen LogP contribution is -2.39. The molecule has 1 saturated carbocycles. The molecular formula is C8H15NO. The number of hydrogen-bond donors (Lipinski definition) is 2. The van der Waals surface area contributed by atoms with Crippen LogP contribution in [0.2, 0.25) is 0 Å². The van der Waals surface area contributed by atoms with Crippen molar-refractivity contribution in [2.75, 3.05) is 6.61 Å². The van der Waals surface area contributed by atoms with Gasteiger partial charge in [0.25, 0.3) is 0 Å². The average Bonchev–Trinajstić information content (AvgIpc) is 2.70. The summed E-state index contributed by atoms with van der Waals surface area (Å²) in [4.78, 5) is 0. The van der Waals surface area contributed by atoms with Crippen molar-refractivity contribution in [3.63, 3.8) is 0 Å². The Kier molecular flexibility index (Phi) is 2.11. The van der Waals surface area contributed by atoms with E-state index in [0.717, 1.165) is 12.8 Å². The van der Waals surface area contributed by atoms with Gasteiger partial charge in [0.2, 0.25) is 0 Å². The van der Waals surface area contributed by atoms with E-state index in [2.05, 4.69) is 11.9 Å². The minimum absolute atomic E-state index is 0.0492. The van der Waals surface area contributed by atoms with E-state index in [1.54, 1.807) is 0 Å². The van der Waals surface area contributed by atoms with E-state index in [-0.39, 0.29) is 12.1 Å². The van der Waals surface area contributed by atoms with E-state index in [1.807, 2.05) is 13.0 Å². The summed E-state index contributed by atoms with van der Waals surface area (Å²) in [7, 11) is 0. The van der Waals surface area contributed by atoms with Crippen LogP contribution in [-0.2, 0) is 0 Å². The first kappa shape index (κ1) is 7.76. The Morgan fingerprint density at radius 1 is 1.80 bits per heavy atom. The third-order valence-electron chi connectivity index (χ3n) is 2.04. The van der Waals surface area contributed by atoms with Crippen LogP contribution < -0.4 is 5.32 Å². The van der Waals surface area contributed by atoms with Gasteiger partial charge >= 0.3 is 0 Å². The molecule has 0 aromatic carbocycles. The molecule has 1 atom stereocenters. The zero-order valence-corrected chi connectivity index (χ0v) is 6.43. The Labute approximate surface area is 61.9 Å². The maximum atomic E-state index is 8.90. The Balaban J connectivity index is 2.30. The Morgan fingerprint density at radius 2 is 2.40 bits per heavy atom. The maximum Gasteiger partial charge on any atom is 0.0613 e. The summed E-state index contributed by atoms with van der Waals surface area (Å²) in [6.45, 7) is 5.96. The second-order valence-electron chi connectivity index (χ2n) is 3.11. The van der Waals surface area contributed by atoms with E-state index in [9.17, 15) is 0 Å². The first-order valence-electron chi connectivity index (χ1n) is 3.73. The van der Waals surface area contributed by atoms with Crippen molar-refractivity contribution in [3.8, 4) is 0 Å². The van der Waals surface area contributed by atoms with Gasteiger partial charge < -0.3 is 10.4 Å². The summed E-state index contributed by atoms with van der Waals surface area (Å²) in [5, 5.41) is 12.2. The summed E-state index contributed by atoms with van der Waals surface area (Å²) in [5.74, 6) is 0. The van der Waals surface area contributed by atoms with Crippen molar-refractivity contribution < 1.29 is 5.11 Å². The Hall–Kier alpha value is -0.340. The second kappa shape index (κ2) is 2.72. The van der Waals surface area contributed by atoms with Gasteiger partial charge in [-0.2, -0.15) is 0 Å². The van der Waals surface area contributed by atoms with Crippen LogP contribution in [0.3, 0.4) is 0 Å². The molecule has 1 unspecified atom stereocenters. The van der Waals surface area contributed by atoms with Gasteiger partial charge in [-0.1, -0.05) is 6.08 Å². The van der Waals surface area contributed by atoms with Gasteiger partial charge in [-0.25, -0.2) is 0 Å². The van der Waals surface area contributed by atoms with Crippen LogP contribution >= 0.6 is 0 Å². The molecular weight excluding hydrogens is 126 g/mol. The van der Waals surface area contributed by atoms with Gasteiger partial charge in [-0.05, 0) is 19.8 Å². The van der Waals surface area contributed by atoms with Gasteiger partial charge in [0, 0.05) is 11.6 Å². The van der Waals surface area contributed by atoms with Crippen LogP contribution in [0, 0.1) is 0 Å². The van der Waals surface area contributed by atoms with Crippen LogP contribution in [0.5, 0.6) is 0 Å².